The second-order valence-corrected chi connectivity index (χ2v) is 7.43. The normalized spacial score (nSPS) is 28.8. The Bertz CT molecular complexity index is 755. The van der Waals surface area contributed by atoms with Gasteiger partial charge in [-0.05, 0) is 37.3 Å². The number of hydrogen-bond acceptors (Lipinski definition) is 8. The van der Waals surface area contributed by atoms with E-state index >= 15 is 0 Å². The van der Waals surface area contributed by atoms with E-state index in [1.165, 1.54) is 0 Å². The van der Waals surface area contributed by atoms with Crippen molar-refractivity contribution >= 4 is 11.8 Å². The number of aliphatic hydroxyl groups excluding tert-OH is 1. The molecule has 1 atom stereocenters. The number of rotatable bonds is 5. The van der Waals surface area contributed by atoms with Gasteiger partial charge in [0.2, 0.25) is 5.89 Å². The maximum Gasteiger partial charge on any atom is 0.263 e. The summed E-state index contributed by atoms with van der Waals surface area (Å²) in [7, 11) is 0. The molecule has 3 fully saturated rings. The van der Waals surface area contributed by atoms with Crippen LogP contribution in [-0.4, -0.2) is 50.5 Å². The van der Waals surface area contributed by atoms with Crippen LogP contribution in [0.1, 0.15) is 55.5 Å². The number of hydrogen-bond donors (Lipinski definition) is 2. The Balaban J connectivity index is 1.18. The van der Waals surface area contributed by atoms with Gasteiger partial charge in [-0.3, -0.25) is 0 Å². The van der Waals surface area contributed by atoms with Gasteiger partial charge in [-0.1, -0.05) is 0 Å². The summed E-state index contributed by atoms with van der Waals surface area (Å²) in [6.45, 7) is 1.51. The molecule has 1 aliphatic heterocycles. The number of β-amino-alcohol motifs (C(OH)–C–C–N with tert-alkyl or cyclic N) is 1. The van der Waals surface area contributed by atoms with E-state index in [2.05, 4.69) is 36.4 Å². The van der Waals surface area contributed by atoms with Crippen molar-refractivity contribution in [2.24, 2.45) is 0 Å². The third-order valence-electron chi connectivity index (χ3n) is 5.42. The van der Waals surface area contributed by atoms with Gasteiger partial charge in [0.05, 0.1) is 6.10 Å². The zero-order valence-electron chi connectivity index (χ0n) is 14.0. The molecule has 2 aromatic rings. The standard InChI is InChI=1S/C17H22N6O2/c24-13-3-4-23(8-13)15-7-14(18-9-19-15)11-5-12(6-11)20-17-21-16(25-22-17)10-1-2-10/h7,9-13,24H,1-6,8H2,(H,20,22). The lowest BCUT2D eigenvalue weighted by molar-refractivity contribution is 0.198. The summed E-state index contributed by atoms with van der Waals surface area (Å²) in [5.74, 6) is 3.22. The monoisotopic (exact) mass is 342 g/mol. The van der Waals surface area contributed by atoms with Crippen molar-refractivity contribution in [3.63, 3.8) is 0 Å². The first-order valence-electron chi connectivity index (χ1n) is 9.09. The Morgan fingerprint density at radius 3 is 2.80 bits per heavy atom. The molecule has 3 heterocycles. The van der Waals surface area contributed by atoms with Gasteiger partial charge in [0.15, 0.2) is 0 Å². The fourth-order valence-electron chi connectivity index (χ4n) is 3.66. The first kappa shape index (κ1) is 15.1. The number of aromatic nitrogens is 4. The molecule has 8 heteroatoms. The van der Waals surface area contributed by atoms with E-state index in [0.717, 1.165) is 56.1 Å². The highest BCUT2D eigenvalue weighted by Crippen LogP contribution is 2.40. The van der Waals surface area contributed by atoms with Crippen molar-refractivity contribution in [3.05, 3.63) is 24.0 Å². The second-order valence-electron chi connectivity index (χ2n) is 7.43. The van der Waals surface area contributed by atoms with Crippen molar-refractivity contribution in [3.8, 4) is 0 Å². The molecule has 0 spiro atoms. The second kappa shape index (κ2) is 5.94. The summed E-state index contributed by atoms with van der Waals surface area (Å²) in [5.41, 5.74) is 1.08. The molecule has 0 radical (unpaired) electrons. The number of anilines is 2. The zero-order chi connectivity index (χ0) is 16.8. The minimum absolute atomic E-state index is 0.244. The maximum atomic E-state index is 9.70. The van der Waals surface area contributed by atoms with Crippen LogP contribution in [0.3, 0.4) is 0 Å². The summed E-state index contributed by atoms with van der Waals surface area (Å²) < 4.78 is 5.28. The smallest absolute Gasteiger partial charge is 0.263 e. The summed E-state index contributed by atoms with van der Waals surface area (Å²) in [6, 6.07) is 2.43. The Morgan fingerprint density at radius 1 is 1.16 bits per heavy atom. The largest absolute Gasteiger partial charge is 0.391 e. The number of nitrogens with one attached hydrogen (secondary N) is 1. The minimum atomic E-state index is -0.244. The molecule has 0 aromatic carbocycles. The lowest BCUT2D eigenvalue weighted by Gasteiger charge is -2.35. The third-order valence-corrected chi connectivity index (χ3v) is 5.42. The van der Waals surface area contributed by atoms with E-state index in [1.54, 1.807) is 6.33 Å². The van der Waals surface area contributed by atoms with Gasteiger partial charge in [-0.15, -0.1) is 0 Å². The van der Waals surface area contributed by atoms with Crippen molar-refractivity contribution in [2.75, 3.05) is 23.3 Å². The Labute approximate surface area is 145 Å². The summed E-state index contributed by atoms with van der Waals surface area (Å²) in [6.07, 6.45) is 6.54. The Morgan fingerprint density at radius 2 is 2.04 bits per heavy atom. The predicted molar refractivity (Wildman–Crippen MR) is 90.5 cm³/mol. The lowest BCUT2D eigenvalue weighted by Crippen LogP contribution is -2.35. The zero-order valence-corrected chi connectivity index (χ0v) is 14.0. The molecule has 8 nitrogen and oxygen atoms in total. The third kappa shape index (κ3) is 3.06. The van der Waals surface area contributed by atoms with Crippen molar-refractivity contribution < 1.29 is 9.63 Å². The number of nitrogens with zero attached hydrogens (tertiary/aromatic N) is 5. The average Bonchev–Trinajstić information content (AvgIpc) is 3.17. The van der Waals surface area contributed by atoms with Gasteiger partial charge in [0.25, 0.3) is 5.95 Å². The van der Waals surface area contributed by atoms with Crippen LogP contribution in [0.4, 0.5) is 11.8 Å². The maximum absolute atomic E-state index is 9.70. The average molecular weight is 342 g/mol. The number of aliphatic hydroxyl groups is 1. The molecule has 5 rings (SSSR count). The van der Waals surface area contributed by atoms with E-state index in [4.69, 9.17) is 4.52 Å². The quantitative estimate of drug-likeness (QED) is 0.846. The van der Waals surface area contributed by atoms with E-state index in [1.807, 2.05) is 0 Å². The molecule has 3 aliphatic rings. The molecule has 2 saturated carbocycles. The van der Waals surface area contributed by atoms with Crippen LogP contribution in [0.5, 0.6) is 0 Å². The van der Waals surface area contributed by atoms with Gasteiger partial charge in [0, 0.05) is 42.7 Å². The van der Waals surface area contributed by atoms with Crippen LogP contribution in [-0.2, 0) is 0 Å². The van der Waals surface area contributed by atoms with Crippen molar-refractivity contribution in [1.82, 2.24) is 20.1 Å². The molecule has 2 N–H and O–H groups in total. The molecule has 132 valence electrons. The molecule has 2 aliphatic carbocycles. The van der Waals surface area contributed by atoms with Gasteiger partial charge < -0.3 is 19.8 Å². The van der Waals surface area contributed by atoms with Crippen LogP contribution in [0.2, 0.25) is 0 Å². The van der Waals surface area contributed by atoms with Gasteiger partial charge in [-0.2, -0.15) is 4.98 Å². The summed E-state index contributed by atoms with van der Waals surface area (Å²) in [4.78, 5) is 15.4. The highest BCUT2D eigenvalue weighted by molar-refractivity contribution is 5.42. The molecule has 1 saturated heterocycles. The Hall–Kier alpha value is -2.22. The molecule has 0 bridgehead atoms. The van der Waals surface area contributed by atoms with Crippen LogP contribution < -0.4 is 10.2 Å². The highest BCUT2D eigenvalue weighted by Gasteiger charge is 2.34. The Kier molecular flexibility index (Phi) is 3.58. The molecule has 1 unspecified atom stereocenters. The topological polar surface area (TPSA) is 100 Å². The van der Waals surface area contributed by atoms with Gasteiger partial charge in [0.1, 0.15) is 12.1 Å². The molecule has 0 amide bonds. The molecule has 2 aromatic heterocycles. The first-order valence-corrected chi connectivity index (χ1v) is 9.09. The molecular formula is C17H22N6O2. The SMILES string of the molecule is OC1CCN(c2cc(C3CC(Nc4noc(C5CC5)n4)C3)ncn2)C1. The van der Waals surface area contributed by atoms with Crippen LogP contribution in [0, 0.1) is 0 Å². The lowest BCUT2D eigenvalue weighted by atomic mass is 9.78. The molecular weight excluding hydrogens is 320 g/mol. The fourth-order valence-corrected chi connectivity index (χ4v) is 3.66. The first-order chi connectivity index (χ1) is 12.2. The van der Waals surface area contributed by atoms with E-state index in [9.17, 15) is 5.11 Å². The van der Waals surface area contributed by atoms with Gasteiger partial charge >= 0.3 is 0 Å². The van der Waals surface area contributed by atoms with Crippen LogP contribution in [0.15, 0.2) is 16.9 Å². The molecule has 25 heavy (non-hydrogen) atoms. The van der Waals surface area contributed by atoms with E-state index in [-0.39, 0.29) is 6.10 Å². The summed E-state index contributed by atoms with van der Waals surface area (Å²) >= 11 is 0. The van der Waals surface area contributed by atoms with Crippen molar-refractivity contribution in [1.29, 1.82) is 0 Å². The van der Waals surface area contributed by atoms with E-state index < -0.39 is 0 Å². The van der Waals surface area contributed by atoms with Crippen LogP contribution >= 0.6 is 0 Å². The fraction of sp³-hybridized carbons (Fsp3) is 0.647. The van der Waals surface area contributed by atoms with Crippen LogP contribution in [0.25, 0.3) is 0 Å². The van der Waals surface area contributed by atoms with Gasteiger partial charge in [-0.25, -0.2) is 9.97 Å². The van der Waals surface area contributed by atoms with Crippen molar-refractivity contribution in [2.45, 2.75) is 56.1 Å². The summed E-state index contributed by atoms with van der Waals surface area (Å²) in [5, 5.41) is 17.1. The highest BCUT2D eigenvalue weighted by atomic mass is 16.5. The van der Waals surface area contributed by atoms with E-state index in [0.29, 0.717) is 30.4 Å². The minimum Gasteiger partial charge on any atom is -0.391 e. The predicted octanol–water partition coefficient (Wildman–Crippen LogP) is 1.67.